The Labute approximate surface area is 91.9 Å². The first kappa shape index (κ1) is 10.5. The van der Waals surface area contributed by atoms with Crippen molar-refractivity contribution in [3.8, 4) is 11.5 Å². The van der Waals surface area contributed by atoms with Crippen LogP contribution in [0.25, 0.3) is 0 Å². The van der Waals surface area contributed by atoms with Gasteiger partial charge >= 0.3 is 0 Å². The van der Waals surface area contributed by atoms with Crippen LogP contribution >= 0.6 is 0 Å². The Morgan fingerprint density at radius 2 is 2.25 bits per heavy atom. The van der Waals surface area contributed by atoms with Gasteiger partial charge in [-0.05, 0) is 0 Å². The van der Waals surface area contributed by atoms with Crippen LogP contribution in [0.5, 0.6) is 11.5 Å². The van der Waals surface area contributed by atoms with E-state index in [2.05, 4.69) is 4.98 Å². The number of halogens is 1. The second-order valence-corrected chi connectivity index (χ2v) is 3.43. The molecule has 0 radical (unpaired) electrons. The first-order chi connectivity index (χ1) is 7.65. The molecule has 0 aliphatic heterocycles. The lowest BCUT2D eigenvalue weighted by Crippen LogP contribution is -2.01. The summed E-state index contributed by atoms with van der Waals surface area (Å²) in [6.07, 6.45) is 3.32. The highest BCUT2D eigenvalue weighted by Crippen LogP contribution is 2.21. The lowest BCUT2D eigenvalue weighted by Gasteiger charge is -2.07. The average molecular weight is 222 g/mol. The van der Waals surface area contributed by atoms with Crippen LogP contribution in [0.15, 0.2) is 30.7 Å². The summed E-state index contributed by atoms with van der Waals surface area (Å²) < 4.78 is 20.1. The molecule has 0 spiro atoms. The van der Waals surface area contributed by atoms with Crippen molar-refractivity contribution in [2.75, 3.05) is 0 Å². The lowest BCUT2D eigenvalue weighted by atomic mass is 10.3. The summed E-state index contributed by atoms with van der Waals surface area (Å²) in [7, 11) is 1.84. The van der Waals surface area contributed by atoms with Crippen LogP contribution < -0.4 is 4.74 Å². The van der Waals surface area contributed by atoms with E-state index in [9.17, 15) is 4.39 Å². The second kappa shape index (κ2) is 4.22. The Bertz CT molecular complexity index is 476. The van der Waals surface area contributed by atoms with Crippen LogP contribution in [-0.2, 0) is 13.7 Å². The van der Waals surface area contributed by atoms with Crippen molar-refractivity contribution in [2.24, 2.45) is 7.05 Å². The molecule has 2 aromatic rings. The Balaban J connectivity index is 2.07. The minimum atomic E-state index is -0.528. The highest BCUT2D eigenvalue weighted by molar-refractivity contribution is 5.32. The van der Waals surface area contributed by atoms with Crippen LogP contribution in [0.2, 0.25) is 0 Å². The molecule has 0 saturated heterocycles. The molecule has 84 valence electrons. The van der Waals surface area contributed by atoms with E-state index in [1.807, 2.05) is 7.05 Å². The molecule has 0 bridgehead atoms. The molecule has 16 heavy (non-hydrogen) atoms. The number of hydrogen-bond acceptors (Lipinski definition) is 3. The van der Waals surface area contributed by atoms with Crippen LogP contribution in [0.3, 0.4) is 0 Å². The highest BCUT2D eigenvalue weighted by Gasteiger charge is 2.03. The molecule has 2 rings (SSSR count). The molecule has 0 aliphatic carbocycles. The topological polar surface area (TPSA) is 47.3 Å². The Morgan fingerprint density at radius 3 is 2.88 bits per heavy atom. The summed E-state index contributed by atoms with van der Waals surface area (Å²) in [6.45, 7) is 0.277. The Morgan fingerprint density at radius 1 is 1.44 bits per heavy atom. The van der Waals surface area contributed by atoms with Gasteiger partial charge in [0.15, 0.2) is 0 Å². The number of ether oxygens (including phenoxy) is 1. The van der Waals surface area contributed by atoms with E-state index in [0.29, 0.717) is 5.75 Å². The van der Waals surface area contributed by atoms with Gasteiger partial charge in [0.1, 0.15) is 23.9 Å². The molecule has 5 heteroatoms. The van der Waals surface area contributed by atoms with E-state index < -0.39 is 5.82 Å². The predicted molar refractivity (Wildman–Crippen MR) is 55.6 cm³/mol. The van der Waals surface area contributed by atoms with Crippen LogP contribution in [0, 0.1) is 5.82 Å². The quantitative estimate of drug-likeness (QED) is 0.862. The smallest absolute Gasteiger partial charge is 0.130 e. The zero-order valence-corrected chi connectivity index (χ0v) is 8.72. The standard InChI is InChI=1S/C11H11FN2O2/c1-14-7-13-5-9(14)6-16-11-3-8(12)2-10(15)4-11/h2-5,7,15H,6H2,1H3. The molecule has 1 aromatic heterocycles. The Hall–Kier alpha value is -2.04. The van der Waals surface area contributed by atoms with Crippen molar-refractivity contribution < 1.29 is 14.2 Å². The second-order valence-electron chi connectivity index (χ2n) is 3.43. The fourth-order valence-electron chi connectivity index (χ4n) is 1.31. The van der Waals surface area contributed by atoms with Crippen molar-refractivity contribution in [3.63, 3.8) is 0 Å². The van der Waals surface area contributed by atoms with E-state index >= 15 is 0 Å². The summed E-state index contributed by atoms with van der Waals surface area (Å²) in [4.78, 5) is 3.93. The van der Waals surface area contributed by atoms with Gasteiger partial charge in [-0.3, -0.25) is 0 Å². The van der Waals surface area contributed by atoms with Gasteiger partial charge in [-0.2, -0.15) is 0 Å². The SMILES string of the molecule is Cn1cncc1COc1cc(O)cc(F)c1. The highest BCUT2D eigenvalue weighted by atomic mass is 19.1. The van der Waals surface area contributed by atoms with Gasteiger partial charge in [-0.15, -0.1) is 0 Å². The van der Waals surface area contributed by atoms with Crippen molar-refractivity contribution in [1.82, 2.24) is 9.55 Å². The number of imidazole rings is 1. The van der Waals surface area contributed by atoms with E-state index in [4.69, 9.17) is 9.84 Å². The number of nitrogens with zero attached hydrogens (tertiary/aromatic N) is 2. The largest absolute Gasteiger partial charge is 0.508 e. The molecule has 1 aromatic carbocycles. The lowest BCUT2D eigenvalue weighted by molar-refractivity contribution is 0.293. The van der Waals surface area contributed by atoms with Gasteiger partial charge in [0, 0.05) is 25.2 Å². The molecular formula is C11H11FN2O2. The van der Waals surface area contributed by atoms with Crippen molar-refractivity contribution in [3.05, 3.63) is 42.2 Å². The number of phenolic OH excluding ortho intramolecular Hbond substituents is 1. The number of rotatable bonds is 3. The van der Waals surface area contributed by atoms with Crippen LogP contribution in [0.1, 0.15) is 5.69 Å². The molecule has 1 heterocycles. The van der Waals surface area contributed by atoms with Crippen LogP contribution in [0.4, 0.5) is 4.39 Å². The van der Waals surface area contributed by atoms with Crippen molar-refractivity contribution in [2.45, 2.75) is 6.61 Å². The number of benzene rings is 1. The fourth-order valence-corrected chi connectivity index (χ4v) is 1.31. The van der Waals surface area contributed by atoms with Gasteiger partial charge in [0.25, 0.3) is 0 Å². The van der Waals surface area contributed by atoms with E-state index in [1.165, 1.54) is 12.1 Å². The molecule has 0 saturated carbocycles. The first-order valence-electron chi connectivity index (χ1n) is 4.73. The monoisotopic (exact) mass is 222 g/mol. The predicted octanol–water partition coefficient (Wildman–Crippen LogP) is 1.84. The molecular weight excluding hydrogens is 211 g/mol. The van der Waals surface area contributed by atoms with Crippen molar-refractivity contribution in [1.29, 1.82) is 0 Å². The van der Waals surface area contributed by atoms with Crippen molar-refractivity contribution >= 4 is 0 Å². The summed E-state index contributed by atoms with van der Waals surface area (Å²) in [5.74, 6) is -0.390. The first-order valence-corrected chi connectivity index (χ1v) is 4.73. The maximum atomic E-state index is 12.9. The summed E-state index contributed by atoms with van der Waals surface area (Å²) in [5.41, 5.74) is 0.865. The average Bonchev–Trinajstić information content (AvgIpc) is 2.59. The van der Waals surface area contributed by atoms with E-state index in [-0.39, 0.29) is 12.4 Å². The zero-order valence-electron chi connectivity index (χ0n) is 8.72. The maximum Gasteiger partial charge on any atom is 0.130 e. The molecule has 0 unspecified atom stereocenters. The number of aromatic nitrogens is 2. The van der Waals surface area contributed by atoms with E-state index in [1.54, 1.807) is 17.1 Å². The number of phenols is 1. The number of hydrogen-bond donors (Lipinski definition) is 1. The van der Waals surface area contributed by atoms with Gasteiger partial charge in [0.2, 0.25) is 0 Å². The van der Waals surface area contributed by atoms with Gasteiger partial charge < -0.3 is 14.4 Å². The van der Waals surface area contributed by atoms with Crippen LogP contribution in [-0.4, -0.2) is 14.7 Å². The Kier molecular flexibility index (Phi) is 2.76. The zero-order chi connectivity index (χ0) is 11.5. The minimum absolute atomic E-state index is 0.153. The molecule has 0 atom stereocenters. The van der Waals surface area contributed by atoms with Gasteiger partial charge in [-0.25, -0.2) is 9.37 Å². The third-order valence-electron chi connectivity index (χ3n) is 2.16. The number of aryl methyl sites for hydroxylation is 1. The summed E-state index contributed by atoms with van der Waals surface area (Å²) in [5, 5.41) is 9.17. The van der Waals surface area contributed by atoms with Gasteiger partial charge in [0.05, 0.1) is 18.2 Å². The fraction of sp³-hybridized carbons (Fsp3) is 0.182. The molecule has 0 fully saturated rings. The summed E-state index contributed by atoms with van der Waals surface area (Å²) >= 11 is 0. The molecule has 0 aliphatic rings. The minimum Gasteiger partial charge on any atom is -0.508 e. The third-order valence-corrected chi connectivity index (χ3v) is 2.16. The maximum absolute atomic E-state index is 12.9. The summed E-state index contributed by atoms with van der Waals surface area (Å²) in [6, 6.07) is 3.60. The molecule has 4 nitrogen and oxygen atoms in total. The van der Waals surface area contributed by atoms with E-state index in [0.717, 1.165) is 11.8 Å². The molecule has 0 amide bonds. The molecule has 1 N–H and O–H groups in total. The normalized spacial score (nSPS) is 10.4. The third kappa shape index (κ3) is 2.31. The number of aromatic hydroxyl groups is 1. The van der Waals surface area contributed by atoms with Gasteiger partial charge in [-0.1, -0.05) is 0 Å².